The van der Waals surface area contributed by atoms with Crippen molar-refractivity contribution >= 4 is 17.7 Å². The van der Waals surface area contributed by atoms with E-state index >= 15 is 0 Å². The van der Waals surface area contributed by atoms with Crippen LogP contribution in [0.4, 0.5) is 23.7 Å². The van der Waals surface area contributed by atoms with E-state index in [1.807, 2.05) is 5.32 Å². The molecule has 0 saturated carbocycles. The summed E-state index contributed by atoms with van der Waals surface area (Å²) >= 11 is 0. The molecule has 0 heterocycles. The molecule has 5 nitrogen and oxygen atoms in total. The molecule has 1 amide bonds. The summed E-state index contributed by atoms with van der Waals surface area (Å²) in [5.74, 6) is -0.832. The summed E-state index contributed by atoms with van der Waals surface area (Å²) in [6.45, 7) is 2.52. The second-order valence-corrected chi connectivity index (χ2v) is 4.56. The van der Waals surface area contributed by atoms with Crippen molar-refractivity contribution < 1.29 is 32.2 Å². The van der Waals surface area contributed by atoms with E-state index in [2.05, 4.69) is 4.74 Å². The summed E-state index contributed by atoms with van der Waals surface area (Å²) in [6.07, 6.45) is -5.82. The highest BCUT2D eigenvalue weighted by Crippen LogP contribution is 2.34. The number of benzene rings is 1. The Morgan fingerprint density at radius 1 is 1.14 bits per heavy atom. The molecule has 0 aromatic heterocycles. The first kappa shape index (κ1) is 16.8. The fourth-order valence-corrected chi connectivity index (χ4v) is 1.49. The van der Waals surface area contributed by atoms with Gasteiger partial charge in [0.25, 0.3) is 0 Å². The van der Waals surface area contributed by atoms with Crippen LogP contribution < -0.4 is 5.32 Å². The second-order valence-electron chi connectivity index (χ2n) is 4.56. The van der Waals surface area contributed by atoms with Gasteiger partial charge in [-0.3, -0.25) is 5.32 Å². The summed E-state index contributed by atoms with van der Waals surface area (Å²) in [5, 5.41) is 1.96. The molecule has 1 rings (SSSR count). The van der Waals surface area contributed by atoms with E-state index in [4.69, 9.17) is 4.74 Å². The Labute approximate surface area is 119 Å². The van der Waals surface area contributed by atoms with Gasteiger partial charge in [0, 0.05) is 0 Å². The first-order valence-corrected chi connectivity index (χ1v) is 5.82. The molecule has 0 spiro atoms. The van der Waals surface area contributed by atoms with Crippen molar-refractivity contribution in [3.05, 3.63) is 29.8 Å². The summed E-state index contributed by atoms with van der Waals surface area (Å²) < 4.78 is 47.5. The number of ether oxygens (including phenoxy) is 2. The average molecular weight is 305 g/mol. The van der Waals surface area contributed by atoms with E-state index in [1.165, 1.54) is 26.0 Å². The first-order valence-electron chi connectivity index (χ1n) is 5.82. The molecule has 8 heteroatoms. The van der Waals surface area contributed by atoms with Crippen molar-refractivity contribution in [3.63, 3.8) is 0 Å². The molecule has 0 unspecified atom stereocenters. The van der Waals surface area contributed by atoms with Gasteiger partial charge in [0.2, 0.25) is 5.60 Å². The Hall–Kier alpha value is -2.25. The van der Waals surface area contributed by atoms with Gasteiger partial charge in [0.05, 0.1) is 18.4 Å². The van der Waals surface area contributed by atoms with Gasteiger partial charge in [-0.1, -0.05) is 12.1 Å². The van der Waals surface area contributed by atoms with Crippen LogP contribution in [0, 0.1) is 0 Å². The number of carbonyl (C=O) groups is 2. The maximum atomic E-state index is 12.8. The Morgan fingerprint density at radius 3 is 2.24 bits per heavy atom. The van der Waals surface area contributed by atoms with Gasteiger partial charge in [-0.15, -0.1) is 0 Å². The van der Waals surface area contributed by atoms with Gasteiger partial charge < -0.3 is 9.47 Å². The van der Waals surface area contributed by atoms with Gasteiger partial charge in [0.15, 0.2) is 0 Å². The van der Waals surface area contributed by atoms with Crippen molar-refractivity contribution in [1.29, 1.82) is 0 Å². The lowest BCUT2D eigenvalue weighted by molar-refractivity contribution is -0.158. The number of methoxy groups -OCH3 is 1. The molecule has 0 fully saturated rings. The molecule has 0 saturated heterocycles. The molecule has 0 radical (unpaired) electrons. The van der Waals surface area contributed by atoms with Crippen LogP contribution >= 0.6 is 0 Å². The van der Waals surface area contributed by atoms with Gasteiger partial charge in [-0.05, 0) is 26.0 Å². The average Bonchev–Trinajstić information content (AvgIpc) is 2.36. The summed E-state index contributed by atoms with van der Waals surface area (Å²) in [4.78, 5) is 23.0. The van der Waals surface area contributed by atoms with Gasteiger partial charge in [-0.25, -0.2) is 9.59 Å². The molecule has 116 valence electrons. The predicted molar refractivity (Wildman–Crippen MR) is 67.6 cm³/mol. The van der Waals surface area contributed by atoms with E-state index in [1.54, 1.807) is 0 Å². The standard InChI is InChI=1S/C13H14F3NO4/c1-12(2,10(18)20-3)21-11(19)17-9-7-5-4-6-8(9)13(14,15)16/h4-7H,1-3H3,(H,17,19). The summed E-state index contributed by atoms with van der Waals surface area (Å²) in [6, 6.07) is 4.42. The minimum Gasteiger partial charge on any atom is -0.466 e. The molecular weight excluding hydrogens is 291 g/mol. The van der Waals surface area contributed by atoms with E-state index in [-0.39, 0.29) is 0 Å². The van der Waals surface area contributed by atoms with Crippen LogP contribution in [0.15, 0.2) is 24.3 Å². The Morgan fingerprint density at radius 2 is 1.71 bits per heavy atom. The largest absolute Gasteiger partial charge is 0.466 e. The Balaban J connectivity index is 2.88. The van der Waals surface area contributed by atoms with E-state index in [9.17, 15) is 22.8 Å². The predicted octanol–water partition coefficient (Wildman–Crippen LogP) is 3.21. The highest BCUT2D eigenvalue weighted by atomic mass is 19.4. The quantitative estimate of drug-likeness (QED) is 0.871. The molecule has 1 N–H and O–H groups in total. The van der Waals surface area contributed by atoms with Crippen LogP contribution in [0.2, 0.25) is 0 Å². The van der Waals surface area contributed by atoms with Gasteiger partial charge in [-0.2, -0.15) is 13.2 Å². The van der Waals surface area contributed by atoms with Crippen molar-refractivity contribution in [2.45, 2.75) is 25.6 Å². The summed E-state index contributed by atoms with van der Waals surface area (Å²) in [5.41, 5.74) is -3.10. The number of hydrogen-bond acceptors (Lipinski definition) is 4. The molecule has 0 aliphatic carbocycles. The topological polar surface area (TPSA) is 64.6 Å². The molecular formula is C13H14F3NO4. The Kier molecular flexibility index (Phi) is 4.82. The highest BCUT2D eigenvalue weighted by molar-refractivity contribution is 5.89. The first-order chi connectivity index (χ1) is 9.58. The number of nitrogens with one attached hydrogen (secondary N) is 1. The zero-order valence-electron chi connectivity index (χ0n) is 11.6. The molecule has 0 aliphatic heterocycles. The van der Waals surface area contributed by atoms with E-state index in [0.29, 0.717) is 0 Å². The number of anilines is 1. The lowest BCUT2D eigenvalue weighted by Gasteiger charge is -2.22. The number of alkyl halides is 3. The number of halogens is 3. The van der Waals surface area contributed by atoms with Crippen LogP contribution in [0.5, 0.6) is 0 Å². The monoisotopic (exact) mass is 305 g/mol. The maximum Gasteiger partial charge on any atom is 0.418 e. The fraction of sp³-hybridized carbons (Fsp3) is 0.385. The van der Waals surface area contributed by atoms with Crippen molar-refractivity contribution in [1.82, 2.24) is 0 Å². The van der Waals surface area contributed by atoms with Crippen molar-refractivity contribution in [3.8, 4) is 0 Å². The highest BCUT2D eigenvalue weighted by Gasteiger charge is 2.36. The van der Waals surface area contributed by atoms with E-state index < -0.39 is 35.1 Å². The Bertz CT molecular complexity index is 540. The number of rotatable bonds is 3. The number of hydrogen-bond donors (Lipinski definition) is 1. The van der Waals surface area contributed by atoms with Crippen LogP contribution in [0.25, 0.3) is 0 Å². The summed E-state index contributed by atoms with van der Waals surface area (Å²) in [7, 11) is 1.10. The number of carbonyl (C=O) groups excluding carboxylic acids is 2. The van der Waals surface area contributed by atoms with Crippen LogP contribution in [-0.2, 0) is 20.4 Å². The molecule has 1 aromatic carbocycles. The normalized spacial score (nSPS) is 11.7. The smallest absolute Gasteiger partial charge is 0.418 e. The third-order valence-electron chi connectivity index (χ3n) is 2.49. The van der Waals surface area contributed by atoms with E-state index in [0.717, 1.165) is 19.2 Å². The molecule has 0 atom stereocenters. The zero-order chi connectivity index (χ0) is 16.3. The minimum absolute atomic E-state index is 0.462. The van der Waals surface area contributed by atoms with Gasteiger partial charge >= 0.3 is 18.2 Å². The minimum atomic E-state index is -4.62. The lowest BCUT2D eigenvalue weighted by atomic mass is 10.1. The number of amides is 1. The van der Waals surface area contributed by atoms with Crippen LogP contribution in [-0.4, -0.2) is 24.8 Å². The third-order valence-corrected chi connectivity index (χ3v) is 2.49. The molecule has 0 aliphatic rings. The van der Waals surface area contributed by atoms with Gasteiger partial charge in [0.1, 0.15) is 0 Å². The number of esters is 1. The molecule has 21 heavy (non-hydrogen) atoms. The third kappa shape index (κ3) is 4.37. The van der Waals surface area contributed by atoms with Crippen LogP contribution in [0.3, 0.4) is 0 Å². The maximum absolute atomic E-state index is 12.8. The fourth-order valence-electron chi connectivity index (χ4n) is 1.49. The van der Waals surface area contributed by atoms with Crippen LogP contribution in [0.1, 0.15) is 19.4 Å². The second kappa shape index (κ2) is 6.02. The molecule has 1 aromatic rings. The SMILES string of the molecule is COC(=O)C(C)(C)OC(=O)Nc1ccccc1C(F)(F)F. The lowest BCUT2D eigenvalue weighted by Crippen LogP contribution is -2.39. The van der Waals surface area contributed by atoms with Crippen molar-refractivity contribution in [2.75, 3.05) is 12.4 Å². The number of para-hydroxylation sites is 1. The van der Waals surface area contributed by atoms with Crippen molar-refractivity contribution in [2.24, 2.45) is 0 Å². The molecule has 0 bridgehead atoms. The zero-order valence-corrected chi connectivity index (χ0v) is 11.6.